The smallest absolute Gasteiger partial charge is 0.416 e. The molecule has 35 heavy (non-hydrogen) atoms. The molecule has 0 saturated carbocycles. The Labute approximate surface area is 215 Å². The van der Waals surface area contributed by atoms with Crippen LogP contribution in [0.5, 0.6) is 5.75 Å². The average Bonchev–Trinajstić information content (AvgIpc) is 3.34. The van der Waals surface area contributed by atoms with Crippen molar-refractivity contribution in [1.82, 2.24) is 9.88 Å². The second-order valence-electron chi connectivity index (χ2n) is 7.80. The number of nitrogens with two attached hydrogens (primary N) is 1. The van der Waals surface area contributed by atoms with Gasteiger partial charge < -0.3 is 15.2 Å². The van der Waals surface area contributed by atoms with E-state index in [-0.39, 0.29) is 12.5 Å². The van der Waals surface area contributed by atoms with E-state index >= 15 is 0 Å². The van der Waals surface area contributed by atoms with Gasteiger partial charge in [0.05, 0.1) is 25.5 Å². The molecule has 186 valence electrons. The zero-order valence-electron chi connectivity index (χ0n) is 19.9. The van der Waals surface area contributed by atoms with Gasteiger partial charge in [-0.3, -0.25) is 0 Å². The van der Waals surface area contributed by atoms with Gasteiger partial charge in [0.15, 0.2) is 0 Å². The number of carbonyl (C=O) groups is 1. The number of alkyl halides is 1. The lowest BCUT2D eigenvalue weighted by Gasteiger charge is -2.21. The minimum atomic E-state index is -0.528. The average molecular weight is 515 g/mol. The fourth-order valence-corrected chi connectivity index (χ4v) is 4.02. The van der Waals surface area contributed by atoms with E-state index in [0.29, 0.717) is 24.2 Å². The maximum atomic E-state index is 12.8. The van der Waals surface area contributed by atoms with Crippen LogP contribution in [0.4, 0.5) is 9.93 Å². The van der Waals surface area contributed by atoms with Gasteiger partial charge in [-0.05, 0) is 37.0 Å². The first-order valence-corrected chi connectivity index (χ1v) is 13.1. The minimum Gasteiger partial charge on any atom is -0.494 e. The van der Waals surface area contributed by atoms with Crippen molar-refractivity contribution < 1.29 is 14.3 Å². The van der Waals surface area contributed by atoms with E-state index in [1.165, 1.54) is 16.2 Å². The number of hydrogen-bond acceptors (Lipinski definition) is 6. The maximum absolute atomic E-state index is 12.8. The Hall–Kier alpha value is -3.10. The zero-order chi connectivity index (χ0) is 24.9. The number of rotatable bonds is 12. The van der Waals surface area contributed by atoms with Gasteiger partial charge in [-0.25, -0.2) is 14.7 Å². The number of thiazole rings is 1. The molecule has 7 nitrogen and oxygen atoms in total. The van der Waals surface area contributed by atoms with Crippen molar-refractivity contribution in [2.45, 2.75) is 39.2 Å². The number of guanidine groups is 1. The molecule has 1 aromatic heterocycles. The third-order valence-electron chi connectivity index (χ3n) is 5.03. The van der Waals surface area contributed by atoms with E-state index in [4.69, 9.17) is 26.8 Å². The molecule has 0 unspecified atom stereocenters. The summed E-state index contributed by atoms with van der Waals surface area (Å²) in [6.07, 6.45) is 3.01. The molecule has 1 heterocycles. The molecule has 0 aliphatic carbocycles. The predicted molar refractivity (Wildman–Crippen MR) is 143 cm³/mol. The van der Waals surface area contributed by atoms with Crippen molar-refractivity contribution in [2.75, 3.05) is 19.1 Å². The fraction of sp³-hybridized carbons (Fsp3) is 0.346. The molecule has 3 aromatic rings. The van der Waals surface area contributed by atoms with Crippen LogP contribution < -0.4 is 10.5 Å². The summed E-state index contributed by atoms with van der Waals surface area (Å²) in [4.78, 5) is 23.1. The highest BCUT2D eigenvalue weighted by atomic mass is 35.5. The molecule has 2 aromatic carbocycles. The minimum absolute atomic E-state index is 0.0348. The Bertz CT molecular complexity index is 1090. The van der Waals surface area contributed by atoms with Gasteiger partial charge in [0.2, 0.25) is 11.1 Å². The Morgan fingerprint density at radius 1 is 1.11 bits per heavy atom. The van der Waals surface area contributed by atoms with Crippen molar-refractivity contribution in [2.24, 2.45) is 10.7 Å². The van der Waals surface area contributed by atoms with Gasteiger partial charge in [0.25, 0.3) is 0 Å². The van der Waals surface area contributed by atoms with E-state index in [1.54, 1.807) is 0 Å². The number of unbranched alkanes of at least 4 members (excludes halogenated alkanes) is 2. The van der Waals surface area contributed by atoms with E-state index in [2.05, 4.69) is 9.98 Å². The van der Waals surface area contributed by atoms with Crippen LogP contribution in [0.2, 0.25) is 0 Å². The van der Waals surface area contributed by atoms with Crippen LogP contribution in [0, 0.1) is 0 Å². The topological polar surface area (TPSA) is 90.0 Å². The first-order valence-electron chi connectivity index (χ1n) is 11.7. The number of aliphatic imine (C=N–C) groups is 1. The van der Waals surface area contributed by atoms with Crippen molar-refractivity contribution >= 4 is 40.1 Å². The standard InChI is InChI=1S/C26H31ClN4O3S/c1-2-3-15-34-26(32)31(18-20-10-5-4-6-11-20)24(28)30-25-29-23(19-35-25)21-12-9-13-22(17-21)33-16-8-7-14-27/h4-6,9-13,17,19H,2-3,7-8,14-16,18H2,1H3,(H2,28,29,30). The molecule has 2 N–H and O–H groups in total. The quantitative estimate of drug-likeness (QED) is 0.127. The first kappa shape index (κ1) is 26.5. The van der Waals surface area contributed by atoms with Crippen LogP contribution in [0.1, 0.15) is 38.2 Å². The number of aromatic nitrogens is 1. The van der Waals surface area contributed by atoms with Crippen LogP contribution in [0.25, 0.3) is 11.3 Å². The third kappa shape index (κ3) is 8.56. The van der Waals surface area contributed by atoms with Crippen molar-refractivity contribution in [3.63, 3.8) is 0 Å². The summed E-state index contributed by atoms with van der Waals surface area (Å²) in [6.45, 7) is 3.24. The fourth-order valence-electron chi connectivity index (χ4n) is 3.13. The highest BCUT2D eigenvalue weighted by Gasteiger charge is 2.20. The molecule has 3 rings (SSSR count). The summed E-state index contributed by atoms with van der Waals surface area (Å²) in [6, 6.07) is 17.3. The first-order chi connectivity index (χ1) is 17.1. The molecule has 0 bridgehead atoms. The molecule has 0 aliphatic heterocycles. The molecule has 0 fully saturated rings. The third-order valence-corrected chi connectivity index (χ3v) is 6.03. The second kappa shape index (κ2) is 14.3. The van der Waals surface area contributed by atoms with E-state index in [0.717, 1.165) is 48.3 Å². The van der Waals surface area contributed by atoms with Gasteiger partial charge >= 0.3 is 6.09 Å². The predicted octanol–water partition coefficient (Wildman–Crippen LogP) is 6.59. The zero-order valence-corrected chi connectivity index (χ0v) is 21.4. The molecular weight excluding hydrogens is 484 g/mol. The van der Waals surface area contributed by atoms with Crippen LogP contribution in [-0.2, 0) is 11.3 Å². The van der Waals surface area contributed by atoms with E-state index < -0.39 is 6.09 Å². The lowest BCUT2D eigenvalue weighted by atomic mass is 10.2. The summed E-state index contributed by atoms with van der Waals surface area (Å²) in [7, 11) is 0. The van der Waals surface area contributed by atoms with Crippen molar-refractivity contribution in [3.05, 3.63) is 65.5 Å². The summed E-state index contributed by atoms with van der Waals surface area (Å²) in [5.74, 6) is 1.44. The highest BCUT2D eigenvalue weighted by Crippen LogP contribution is 2.29. The SMILES string of the molecule is CCCCOC(=O)N(Cc1ccccc1)C(N)=Nc1nc(-c2cccc(OCCCCCl)c2)cs1. The Morgan fingerprint density at radius 2 is 1.94 bits per heavy atom. The van der Waals surface area contributed by atoms with Gasteiger partial charge in [-0.2, -0.15) is 4.99 Å². The maximum Gasteiger partial charge on any atom is 0.416 e. The van der Waals surface area contributed by atoms with Crippen LogP contribution in [0.3, 0.4) is 0 Å². The number of benzene rings is 2. The number of nitrogens with zero attached hydrogens (tertiary/aromatic N) is 3. The molecule has 0 spiro atoms. The molecular formula is C26H31ClN4O3S. The van der Waals surface area contributed by atoms with Gasteiger partial charge in [0, 0.05) is 16.8 Å². The summed E-state index contributed by atoms with van der Waals surface area (Å²) in [5, 5.41) is 2.35. The van der Waals surface area contributed by atoms with Gasteiger partial charge in [0.1, 0.15) is 5.75 Å². The second-order valence-corrected chi connectivity index (χ2v) is 9.01. The Kier molecular flexibility index (Phi) is 10.9. The van der Waals surface area contributed by atoms with Crippen LogP contribution >= 0.6 is 22.9 Å². The number of amides is 1. The van der Waals surface area contributed by atoms with E-state index in [9.17, 15) is 4.79 Å². The normalized spacial score (nSPS) is 11.3. The Morgan fingerprint density at radius 3 is 2.71 bits per heavy atom. The number of halogens is 1. The number of ether oxygens (including phenoxy) is 2. The number of hydrogen-bond donors (Lipinski definition) is 1. The van der Waals surface area contributed by atoms with Crippen LogP contribution in [0.15, 0.2) is 65.0 Å². The van der Waals surface area contributed by atoms with Crippen LogP contribution in [-0.4, -0.2) is 41.0 Å². The molecule has 0 aliphatic rings. The van der Waals surface area contributed by atoms with E-state index in [1.807, 2.05) is 66.9 Å². The molecule has 0 saturated heterocycles. The molecule has 0 atom stereocenters. The lowest BCUT2D eigenvalue weighted by Crippen LogP contribution is -2.41. The highest BCUT2D eigenvalue weighted by molar-refractivity contribution is 7.13. The largest absolute Gasteiger partial charge is 0.494 e. The molecule has 0 radical (unpaired) electrons. The summed E-state index contributed by atoms with van der Waals surface area (Å²) >= 11 is 7.07. The monoisotopic (exact) mass is 514 g/mol. The van der Waals surface area contributed by atoms with Gasteiger partial charge in [-0.1, -0.05) is 55.8 Å². The molecule has 1 amide bonds. The van der Waals surface area contributed by atoms with Gasteiger partial charge in [-0.15, -0.1) is 22.9 Å². The summed E-state index contributed by atoms with van der Waals surface area (Å²) in [5.41, 5.74) is 8.85. The van der Waals surface area contributed by atoms with Crippen molar-refractivity contribution in [3.8, 4) is 17.0 Å². The molecule has 9 heteroatoms. The Balaban J connectivity index is 1.74. The summed E-state index contributed by atoms with van der Waals surface area (Å²) < 4.78 is 11.2. The number of carbonyl (C=O) groups excluding carboxylic acids is 1. The van der Waals surface area contributed by atoms with Crippen molar-refractivity contribution in [1.29, 1.82) is 0 Å². The lowest BCUT2D eigenvalue weighted by molar-refractivity contribution is 0.119.